The van der Waals surface area contributed by atoms with Crippen molar-refractivity contribution in [1.29, 1.82) is 0 Å². The number of hydrogen-bond donors (Lipinski definition) is 1. The number of benzene rings is 2. The van der Waals surface area contributed by atoms with Crippen molar-refractivity contribution in [2.45, 2.75) is 25.3 Å². The second kappa shape index (κ2) is 6.04. The first-order valence-electron chi connectivity index (χ1n) is 8.13. The molecule has 2 aromatic rings. The van der Waals surface area contributed by atoms with Crippen LogP contribution < -0.4 is 5.32 Å². The first-order chi connectivity index (χ1) is 12.0. The van der Waals surface area contributed by atoms with E-state index in [1.54, 1.807) is 18.2 Å². The lowest BCUT2D eigenvalue weighted by Gasteiger charge is -2.38. The molecule has 0 bridgehead atoms. The van der Waals surface area contributed by atoms with Crippen LogP contribution >= 0.6 is 23.2 Å². The highest BCUT2D eigenvalue weighted by molar-refractivity contribution is 6.35. The molecule has 4 nitrogen and oxygen atoms in total. The van der Waals surface area contributed by atoms with Gasteiger partial charge in [-0.15, -0.1) is 0 Å². The number of nitro groups is 1. The number of rotatable bonds is 2. The zero-order valence-corrected chi connectivity index (χ0v) is 15.0. The van der Waals surface area contributed by atoms with Crippen molar-refractivity contribution >= 4 is 34.6 Å². The minimum absolute atomic E-state index is 0.00768. The number of allylic oxidation sites excluding steroid dienone is 2. The summed E-state index contributed by atoms with van der Waals surface area (Å²) in [6.45, 7) is 1.97. The molecule has 0 amide bonds. The summed E-state index contributed by atoms with van der Waals surface area (Å²) in [7, 11) is 0. The highest BCUT2D eigenvalue weighted by Gasteiger charge is 2.42. The Hall–Kier alpha value is -2.04. The van der Waals surface area contributed by atoms with Crippen molar-refractivity contribution in [3.8, 4) is 0 Å². The minimum Gasteiger partial charge on any atom is -0.377 e. The predicted molar refractivity (Wildman–Crippen MR) is 101 cm³/mol. The number of hydrogen-bond acceptors (Lipinski definition) is 3. The number of halogens is 2. The molecule has 0 spiro atoms. The number of nitrogens with one attached hydrogen (secondary N) is 1. The molecule has 0 radical (unpaired) electrons. The molecule has 1 N–H and O–H groups in total. The summed E-state index contributed by atoms with van der Waals surface area (Å²) in [5.74, 6) is 0.194. The zero-order valence-electron chi connectivity index (χ0n) is 13.5. The van der Waals surface area contributed by atoms with E-state index >= 15 is 0 Å². The van der Waals surface area contributed by atoms with Crippen LogP contribution in [0.4, 0.5) is 11.4 Å². The largest absolute Gasteiger partial charge is 0.377 e. The van der Waals surface area contributed by atoms with Crippen LogP contribution in [-0.4, -0.2) is 4.92 Å². The van der Waals surface area contributed by atoms with E-state index in [1.807, 2.05) is 19.1 Å². The summed E-state index contributed by atoms with van der Waals surface area (Å²) in [5.41, 5.74) is 3.77. The summed E-state index contributed by atoms with van der Waals surface area (Å²) in [4.78, 5) is 11.2. The van der Waals surface area contributed by atoms with Gasteiger partial charge in [0, 0.05) is 27.7 Å². The Morgan fingerprint density at radius 2 is 2.04 bits per heavy atom. The van der Waals surface area contributed by atoms with Crippen LogP contribution in [-0.2, 0) is 0 Å². The Kier molecular flexibility index (Phi) is 3.97. The van der Waals surface area contributed by atoms with E-state index in [1.165, 1.54) is 0 Å². The Balaban J connectivity index is 1.89. The highest BCUT2D eigenvalue weighted by Crippen LogP contribution is 2.54. The fraction of sp³-hybridized carbons (Fsp3) is 0.263. The average molecular weight is 375 g/mol. The Bertz CT molecular complexity index is 911. The lowest BCUT2D eigenvalue weighted by atomic mass is 9.75. The molecule has 25 heavy (non-hydrogen) atoms. The van der Waals surface area contributed by atoms with Gasteiger partial charge >= 0.3 is 0 Å². The van der Waals surface area contributed by atoms with Crippen LogP contribution in [0, 0.1) is 23.0 Å². The lowest BCUT2D eigenvalue weighted by Crippen LogP contribution is -2.30. The second-order valence-corrected chi connectivity index (χ2v) is 7.43. The van der Waals surface area contributed by atoms with Gasteiger partial charge in [-0.1, -0.05) is 47.5 Å². The number of nitrogens with zero attached hydrogens (tertiary/aromatic N) is 1. The minimum atomic E-state index is -0.293. The third kappa shape index (κ3) is 2.60. The third-order valence-electron chi connectivity index (χ3n) is 5.20. The van der Waals surface area contributed by atoms with Gasteiger partial charge in [-0.2, -0.15) is 0 Å². The number of fused-ring (bicyclic) bond motifs is 3. The fourth-order valence-electron chi connectivity index (χ4n) is 4.06. The summed E-state index contributed by atoms with van der Waals surface area (Å²) in [5, 5.41) is 16.3. The number of anilines is 1. The molecule has 1 aliphatic carbocycles. The van der Waals surface area contributed by atoms with Crippen LogP contribution in [0.1, 0.15) is 35.1 Å². The van der Waals surface area contributed by atoms with Crippen molar-refractivity contribution in [3.63, 3.8) is 0 Å². The number of nitro benzene ring substituents is 1. The van der Waals surface area contributed by atoms with E-state index in [-0.39, 0.29) is 28.5 Å². The topological polar surface area (TPSA) is 55.2 Å². The van der Waals surface area contributed by atoms with E-state index in [9.17, 15) is 10.1 Å². The van der Waals surface area contributed by atoms with Gasteiger partial charge in [-0.05, 0) is 42.5 Å². The van der Waals surface area contributed by atoms with Crippen LogP contribution in [0.2, 0.25) is 10.0 Å². The van der Waals surface area contributed by atoms with Crippen LogP contribution in [0.15, 0.2) is 42.5 Å². The van der Waals surface area contributed by atoms with Crippen molar-refractivity contribution in [2.24, 2.45) is 5.92 Å². The Labute approximate surface area is 155 Å². The monoisotopic (exact) mass is 374 g/mol. The summed E-state index contributed by atoms with van der Waals surface area (Å²) in [6, 6.07) is 8.90. The van der Waals surface area contributed by atoms with Gasteiger partial charge in [0.05, 0.1) is 16.5 Å². The second-order valence-electron chi connectivity index (χ2n) is 6.59. The third-order valence-corrected chi connectivity index (χ3v) is 5.76. The molecular formula is C19H16Cl2N2O2. The Morgan fingerprint density at radius 1 is 1.24 bits per heavy atom. The Morgan fingerprint density at radius 3 is 2.76 bits per heavy atom. The van der Waals surface area contributed by atoms with Gasteiger partial charge in [-0.25, -0.2) is 0 Å². The van der Waals surface area contributed by atoms with Gasteiger partial charge in [-0.3, -0.25) is 10.1 Å². The van der Waals surface area contributed by atoms with Crippen molar-refractivity contribution in [3.05, 3.63) is 79.3 Å². The maximum Gasteiger partial charge on any atom is 0.275 e. The van der Waals surface area contributed by atoms with Gasteiger partial charge in [0.15, 0.2) is 0 Å². The van der Waals surface area contributed by atoms with Crippen LogP contribution in [0.3, 0.4) is 0 Å². The van der Waals surface area contributed by atoms with E-state index in [2.05, 4.69) is 17.5 Å². The normalized spacial score (nSPS) is 23.7. The van der Waals surface area contributed by atoms with E-state index in [4.69, 9.17) is 23.2 Å². The van der Waals surface area contributed by atoms with Gasteiger partial charge in [0.1, 0.15) is 0 Å². The molecule has 6 heteroatoms. The highest BCUT2D eigenvalue weighted by atomic mass is 35.5. The molecule has 0 unspecified atom stereocenters. The van der Waals surface area contributed by atoms with E-state index < -0.39 is 0 Å². The molecule has 4 rings (SSSR count). The van der Waals surface area contributed by atoms with Crippen molar-refractivity contribution in [1.82, 2.24) is 0 Å². The molecule has 1 aliphatic heterocycles. The molecule has 1 heterocycles. The predicted octanol–water partition coefficient (Wildman–Crippen LogP) is 6.04. The fourth-order valence-corrected chi connectivity index (χ4v) is 4.58. The SMILES string of the molecule is Cc1ccc([N+](=O)[O-])c2c1N[C@H](c1ccc(Cl)cc1Cl)[C@@H]1CC=C[C@H]21. The molecule has 0 saturated heterocycles. The average Bonchev–Trinajstić information content (AvgIpc) is 3.04. The summed E-state index contributed by atoms with van der Waals surface area (Å²) in [6.07, 6.45) is 5.05. The zero-order chi connectivity index (χ0) is 17.7. The van der Waals surface area contributed by atoms with Crippen LogP contribution in [0.5, 0.6) is 0 Å². The first-order valence-corrected chi connectivity index (χ1v) is 8.89. The maximum atomic E-state index is 11.5. The van der Waals surface area contributed by atoms with Gasteiger partial charge < -0.3 is 5.32 Å². The van der Waals surface area contributed by atoms with Crippen LogP contribution in [0.25, 0.3) is 0 Å². The number of aryl methyl sites for hydroxylation is 1. The maximum absolute atomic E-state index is 11.5. The molecule has 3 atom stereocenters. The standard InChI is InChI=1S/C19H16Cl2N2O2/c1-10-5-8-16(23(24)25)17-12-3-2-4-13(12)19(22-18(10)17)14-7-6-11(20)9-15(14)21/h2-3,5-9,12-13,19,22H,4H2,1H3/t12-,13+,19-/m0/s1. The molecule has 2 aliphatic rings. The summed E-state index contributed by atoms with van der Waals surface area (Å²) >= 11 is 12.5. The summed E-state index contributed by atoms with van der Waals surface area (Å²) < 4.78 is 0. The molecule has 0 saturated carbocycles. The molecule has 2 aromatic carbocycles. The van der Waals surface area contributed by atoms with Crippen molar-refractivity contribution < 1.29 is 4.92 Å². The van der Waals surface area contributed by atoms with Gasteiger partial charge in [0.25, 0.3) is 5.69 Å². The first kappa shape index (κ1) is 16.4. The molecule has 128 valence electrons. The lowest BCUT2D eigenvalue weighted by molar-refractivity contribution is -0.385. The smallest absolute Gasteiger partial charge is 0.275 e. The van der Waals surface area contributed by atoms with E-state index in [0.717, 1.165) is 28.8 Å². The molecule has 0 aromatic heterocycles. The van der Waals surface area contributed by atoms with Crippen molar-refractivity contribution in [2.75, 3.05) is 5.32 Å². The quantitative estimate of drug-likeness (QED) is 0.396. The van der Waals surface area contributed by atoms with E-state index in [0.29, 0.717) is 10.0 Å². The van der Waals surface area contributed by atoms with Gasteiger partial charge in [0.2, 0.25) is 0 Å². The molecule has 0 fully saturated rings. The molecular weight excluding hydrogens is 359 g/mol.